The Morgan fingerprint density at radius 2 is 2.16 bits per heavy atom. The largest absolute Gasteiger partial charge is 0.480 e. The summed E-state index contributed by atoms with van der Waals surface area (Å²) in [5.41, 5.74) is -0.674. The SMILES string of the molecule is O=C(O)c1cccc([N+](=O)[O-])c1OC1CCCC1O. The number of ether oxygens (including phenoxy) is 1. The van der Waals surface area contributed by atoms with Crippen molar-refractivity contribution in [3.8, 4) is 5.75 Å². The van der Waals surface area contributed by atoms with Gasteiger partial charge in [-0.2, -0.15) is 0 Å². The van der Waals surface area contributed by atoms with Gasteiger partial charge >= 0.3 is 11.7 Å². The molecule has 1 saturated carbocycles. The molecule has 1 aliphatic carbocycles. The topological polar surface area (TPSA) is 110 Å². The fourth-order valence-corrected chi connectivity index (χ4v) is 2.16. The molecule has 0 amide bonds. The standard InChI is InChI=1S/C12H13NO6/c14-9-5-2-6-10(9)19-11-7(12(15)16)3-1-4-8(11)13(17)18/h1,3-4,9-10,14H,2,5-6H2,(H,15,16). The molecule has 0 bridgehead atoms. The van der Waals surface area contributed by atoms with E-state index in [9.17, 15) is 20.0 Å². The molecule has 1 aromatic rings. The van der Waals surface area contributed by atoms with Crippen LogP contribution in [0.15, 0.2) is 18.2 Å². The summed E-state index contributed by atoms with van der Waals surface area (Å²) >= 11 is 0. The third-order valence-corrected chi connectivity index (χ3v) is 3.11. The Morgan fingerprint density at radius 3 is 2.68 bits per heavy atom. The maximum absolute atomic E-state index is 11.1. The number of benzene rings is 1. The van der Waals surface area contributed by atoms with E-state index in [1.54, 1.807) is 0 Å². The van der Waals surface area contributed by atoms with Crippen molar-refractivity contribution in [3.05, 3.63) is 33.9 Å². The molecule has 1 aromatic carbocycles. The molecule has 0 saturated heterocycles. The number of para-hydroxylation sites is 1. The monoisotopic (exact) mass is 267 g/mol. The molecular weight excluding hydrogens is 254 g/mol. The number of nitrogens with zero attached hydrogens (tertiary/aromatic N) is 1. The van der Waals surface area contributed by atoms with Gasteiger partial charge < -0.3 is 14.9 Å². The van der Waals surface area contributed by atoms with Gasteiger partial charge in [0.15, 0.2) is 0 Å². The first-order valence-electron chi connectivity index (χ1n) is 5.86. The average Bonchev–Trinajstić information content (AvgIpc) is 2.74. The van der Waals surface area contributed by atoms with E-state index in [2.05, 4.69) is 0 Å². The van der Waals surface area contributed by atoms with Crippen molar-refractivity contribution in [1.29, 1.82) is 0 Å². The third-order valence-electron chi connectivity index (χ3n) is 3.11. The first-order valence-corrected chi connectivity index (χ1v) is 5.86. The molecular formula is C12H13NO6. The summed E-state index contributed by atoms with van der Waals surface area (Å²) in [6.07, 6.45) is 0.523. The van der Waals surface area contributed by atoms with E-state index in [1.165, 1.54) is 18.2 Å². The highest BCUT2D eigenvalue weighted by Gasteiger charge is 2.31. The fourth-order valence-electron chi connectivity index (χ4n) is 2.16. The first kappa shape index (κ1) is 13.3. The summed E-state index contributed by atoms with van der Waals surface area (Å²) in [5.74, 6) is -1.59. The minimum absolute atomic E-state index is 0.270. The maximum Gasteiger partial charge on any atom is 0.339 e. The molecule has 0 radical (unpaired) electrons. The van der Waals surface area contributed by atoms with E-state index in [0.717, 1.165) is 6.42 Å². The number of aliphatic hydroxyl groups is 1. The molecule has 0 aromatic heterocycles. The van der Waals surface area contributed by atoms with Crippen molar-refractivity contribution in [1.82, 2.24) is 0 Å². The molecule has 2 atom stereocenters. The molecule has 1 fully saturated rings. The number of aromatic carboxylic acids is 1. The van der Waals surface area contributed by atoms with E-state index in [-0.39, 0.29) is 11.3 Å². The van der Waals surface area contributed by atoms with Crippen molar-refractivity contribution >= 4 is 11.7 Å². The summed E-state index contributed by atoms with van der Waals surface area (Å²) in [6.45, 7) is 0. The molecule has 7 heteroatoms. The van der Waals surface area contributed by atoms with Crippen LogP contribution in [0.3, 0.4) is 0 Å². The van der Waals surface area contributed by atoms with Gasteiger partial charge in [0, 0.05) is 6.07 Å². The molecule has 0 aliphatic heterocycles. The van der Waals surface area contributed by atoms with Gasteiger partial charge in [-0.05, 0) is 25.3 Å². The number of carbonyl (C=O) groups is 1. The van der Waals surface area contributed by atoms with Crippen LogP contribution in [0.5, 0.6) is 5.75 Å². The molecule has 0 spiro atoms. The predicted molar refractivity (Wildman–Crippen MR) is 64.3 cm³/mol. The number of nitro groups is 1. The molecule has 7 nitrogen and oxygen atoms in total. The minimum atomic E-state index is -1.30. The van der Waals surface area contributed by atoms with Crippen molar-refractivity contribution in [3.63, 3.8) is 0 Å². The number of hydrogen-bond acceptors (Lipinski definition) is 5. The Kier molecular flexibility index (Phi) is 3.66. The van der Waals surface area contributed by atoms with E-state index >= 15 is 0 Å². The summed E-state index contributed by atoms with van der Waals surface area (Å²) in [7, 11) is 0. The van der Waals surface area contributed by atoms with Gasteiger partial charge in [-0.15, -0.1) is 0 Å². The Morgan fingerprint density at radius 1 is 1.42 bits per heavy atom. The molecule has 19 heavy (non-hydrogen) atoms. The number of hydrogen-bond donors (Lipinski definition) is 2. The van der Waals surface area contributed by atoms with Gasteiger partial charge in [-0.1, -0.05) is 6.07 Å². The van der Waals surface area contributed by atoms with E-state index in [1.807, 2.05) is 0 Å². The average molecular weight is 267 g/mol. The highest BCUT2D eigenvalue weighted by atomic mass is 16.6. The normalized spacial score (nSPS) is 22.2. The lowest BCUT2D eigenvalue weighted by Gasteiger charge is -2.18. The Hall–Kier alpha value is -2.15. The number of rotatable bonds is 4. The van der Waals surface area contributed by atoms with E-state index < -0.39 is 28.8 Å². The highest BCUT2D eigenvalue weighted by Crippen LogP contribution is 2.34. The minimum Gasteiger partial charge on any atom is -0.480 e. The van der Waals surface area contributed by atoms with Crippen LogP contribution in [-0.4, -0.2) is 33.3 Å². The second-order valence-electron chi connectivity index (χ2n) is 4.37. The van der Waals surface area contributed by atoms with Crippen LogP contribution in [0.25, 0.3) is 0 Å². The zero-order valence-corrected chi connectivity index (χ0v) is 9.98. The smallest absolute Gasteiger partial charge is 0.339 e. The highest BCUT2D eigenvalue weighted by molar-refractivity contribution is 5.92. The second kappa shape index (κ2) is 5.23. The van der Waals surface area contributed by atoms with Crippen LogP contribution in [0.1, 0.15) is 29.6 Å². The van der Waals surface area contributed by atoms with Gasteiger partial charge in [-0.25, -0.2) is 4.79 Å². The van der Waals surface area contributed by atoms with Gasteiger partial charge in [0.1, 0.15) is 11.7 Å². The number of aliphatic hydroxyl groups excluding tert-OH is 1. The van der Waals surface area contributed by atoms with Crippen LogP contribution in [0, 0.1) is 10.1 Å². The van der Waals surface area contributed by atoms with Crippen LogP contribution in [0.4, 0.5) is 5.69 Å². The van der Waals surface area contributed by atoms with Crippen LogP contribution in [-0.2, 0) is 0 Å². The summed E-state index contributed by atoms with van der Waals surface area (Å²) in [6, 6.07) is 3.72. The van der Waals surface area contributed by atoms with Crippen molar-refractivity contribution in [2.45, 2.75) is 31.5 Å². The molecule has 0 heterocycles. The summed E-state index contributed by atoms with van der Waals surface area (Å²) in [4.78, 5) is 21.3. The third kappa shape index (κ3) is 2.65. The Labute approximate surface area is 108 Å². The zero-order valence-electron chi connectivity index (χ0n) is 9.98. The van der Waals surface area contributed by atoms with E-state index in [0.29, 0.717) is 12.8 Å². The van der Waals surface area contributed by atoms with Gasteiger partial charge in [0.25, 0.3) is 0 Å². The number of carboxylic acid groups (broad SMARTS) is 1. The molecule has 2 unspecified atom stereocenters. The van der Waals surface area contributed by atoms with E-state index in [4.69, 9.17) is 9.84 Å². The molecule has 1 aliphatic rings. The maximum atomic E-state index is 11.1. The predicted octanol–water partition coefficient (Wildman–Crippen LogP) is 1.59. The molecule has 2 N–H and O–H groups in total. The lowest BCUT2D eigenvalue weighted by Crippen LogP contribution is -2.26. The van der Waals surface area contributed by atoms with Gasteiger partial charge in [0.2, 0.25) is 5.75 Å². The Bertz CT molecular complexity index is 483. The summed E-state index contributed by atoms with van der Waals surface area (Å²) < 4.78 is 5.40. The van der Waals surface area contributed by atoms with Crippen LogP contribution >= 0.6 is 0 Å². The zero-order chi connectivity index (χ0) is 14.0. The van der Waals surface area contributed by atoms with Crippen molar-refractivity contribution in [2.75, 3.05) is 0 Å². The fraction of sp³-hybridized carbons (Fsp3) is 0.417. The molecule has 2 rings (SSSR count). The Balaban J connectivity index is 2.40. The lowest BCUT2D eigenvalue weighted by atomic mass is 10.1. The quantitative estimate of drug-likeness (QED) is 0.633. The van der Waals surface area contributed by atoms with Crippen molar-refractivity contribution < 1.29 is 24.7 Å². The number of carboxylic acids is 1. The van der Waals surface area contributed by atoms with Crippen LogP contribution in [0.2, 0.25) is 0 Å². The van der Waals surface area contributed by atoms with Gasteiger partial charge in [-0.3, -0.25) is 10.1 Å². The second-order valence-corrected chi connectivity index (χ2v) is 4.37. The molecule has 102 valence electrons. The van der Waals surface area contributed by atoms with Crippen LogP contribution < -0.4 is 4.74 Å². The van der Waals surface area contributed by atoms with Gasteiger partial charge in [0.05, 0.1) is 11.0 Å². The lowest BCUT2D eigenvalue weighted by molar-refractivity contribution is -0.386. The summed E-state index contributed by atoms with van der Waals surface area (Å²) in [5, 5.41) is 29.6. The number of nitro benzene ring substituents is 1. The first-order chi connectivity index (χ1) is 9.00. The van der Waals surface area contributed by atoms with Crippen molar-refractivity contribution in [2.24, 2.45) is 0 Å².